The third-order valence-corrected chi connectivity index (χ3v) is 5.29. The Morgan fingerprint density at radius 3 is 2.24 bits per heavy atom. The Hall–Kier alpha value is -1.83. The number of nitrogens with zero attached hydrogens (tertiary/aromatic N) is 1. The highest BCUT2D eigenvalue weighted by Crippen LogP contribution is 2.36. The van der Waals surface area contributed by atoms with Crippen LogP contribution >= 0.6 is 23.2 Å². The quantitative estimate of drug-likeness (QED) is 0.521. The molecule has 0 saturated carbocycles. The minimum absolute atomic E-state index is 0.0445. The molecule has 0 bridgehead atoms. The number of nitro benzene ring substituents is 1. The van der Waals surface area contributed by atoms with E-state index in [1.54, 1.807) is 6.07 Å². The standard InChI is InChI=1S/C12H8Cl2N2O4S/c13-7-6-12(8(14)5-10(7)16(17)18)21(19,20)11-4-2-1-3-9(11)15/h1-6H,15H2. The van der Waals surface area contributed by atoms with Gasteiger partial charge in [-0.2, -0.15) is 0 Å². The van der Waals surface area contributed by atoms with Gasteiger partial charge in [-0.25, -0.2) is 8.42 Å². The summed E-state index contributed by atoms with van der Waals surface area (Å²) < 4.78 is 25.0. The Labute approximate surface area is 130 Å². The van der Waals surface area contributed by atoms with E-state index in [9.17, 15) is 18.5 Å². The number of nitro groups is 1. The molecule has 6 nitrogen and oxygen atoms in total. The molecule has 0 aromatic heterocycles. The van der Waals surface area contributed by atoms with E-state index >= 15 is 0 Å². The lowest BCUT2D eigenvalue weighted by molar-refractivity contribution is -0.384. The number of rotatable bonds is 3. The summed E-state index contributed by atoms with van der Waals surface area (Å²) in [5.74, 6) is 0. The van der Waals surface area contributed by atoms with Crippen LogP contribution in [0.5, 0.6) is 0 Å². The van der Waals surface area contributed by atoms with Crippen molar-refractivity contribution in [2.45, 2.75) is 9.79 Å². The number of benzene rings is 2. The first kappa shape index (κ1) is 15.6. The summed E-state index contributed by atoms with van der Waals surface area (Å²) in [6.07, 6.45) is 0. The topological polar surface area (TPSA) is 103 Å². The molecular weight excluding hydrogens is 339 g/mol. The SMILES string of the molecule is Nc1ccccc1S(=O)(=O)c1cc(Cl)c([N+](=O)[O-])cc1Cl. The van der Waals surface area contributed by atoms with Crippen molar-refractivity contribution in [2.24, 2.45) is 0 Å². The van der Waals surface area contributed by atoms with Crippen molar-refractivity contribution in [1.29, 1.82) is 0 Å². The number of halogens is 2. The molecule has 2 N–H and O–H groups in total. The van der Waals surface area contributed by atoms with E-state index in [1.165, 1.54) is 18.2 Å². The molecule has 0 radical (unpaired) electrons. The van der Waals surface area contributed by atoms with Crippen LogP contribution in [-0.2, 0) is 9.84 Å². The Bertz CT molecular complexity index is 837. The van der Waals surface area contributed by atoms with Gasteiger partial charge in [0.1, 0.15) is 5.02 Å². The molecule has 2 aromatic rings. The van der Waals surface area contributed by atoms with Gasteiger partial charge in [-0.05, 0) is 18.2 Å². The summed E-state index contributed by atoms with van der Waals surface area (Å²) in [5.41, 5.74) is 5.22. The summed E-state index contributed by atoms with van der Waals surface area (Å²) in [5, 5.41) is 10.1. The van der Waals surface area contributed by atoms with Gasteiger partial charge < -0.3 is 5.73 Å². The van der Waals surface area contributed by atoms with Gasteiger partial charge in [0, 0.05) is 6.07 Å². The second kappa shape index (κ2) is 5.51. The fraction of sp³-hybridized carbons (Fsp3) is 0. The fourth-order valence-electron chi connectivity index (χ4n) is 1.71. The molecule has 0 saturated heterocycles. The first-order chi connectivity index (χ1) is 9.75. The molecule has 110 valence electrons. The monoisotopic (exact) mass is 346 g/mol. The molecule has 0 atom stereocenters. The van der Waals surface area contributed by atoms with Crippen molar-refractivity contribution in [2.75, 3.05) is 5.73 Å². The van der Waals surface area contributed by atoms with Crippen molar-refractivity contribution < 1.29 is 13.3 Å². The molecule has 0 aliphatic heterocycles. The second-order valence-electron chi connectivity index (χ2n) is 4.03. The van der Waals surface area contributed by atoms with Crippen LogP contribution in [0, 0.1) is 10.1 Å². The van der Waals surface area contributed by atoms with Crippen LogP contribution in [0.1, 0.15) is 0 Å². The van der Waals surface area contributed by atoms with Crippen LogP contribution in [0.4, 0.5) is 11.4 Å². The number of sulfone groups is 1. The van der Waals surface area contributed by atoms with Crippen LogP contribution < -0.4 is 5.73 Å². The molecule has 2 aromatic carbocycles. The normalized spacial score (nSPS) is 11.3. The number of hydrogen-bond donors (Lipinski definition) is 1. The van der Waals surface area contributed by atoms with E-state index in [1.807, 2.05) is 0 Å². The lowest BCUT2D eigenvalue weighted by atomic mass is 10.3. The van der Waals surface area contributed by atoms with Crippen molar-refractivity contribution in [3.05, 3.63) is 56.6 Å². The average Bonchev–Trinajstić information content (AvgIpc) is 2.40. The Balaban J connectivity index is 2.70. The Morgan fingerprint density at radius 2 is 1.67 bits per heavy atom. The lowest BCUT2D eigenvalue weighted by Crippen LogP contribution is -2.06. The molecule has 0 heterocycles. The summed E-state index contributed by atoms with van der Waals surface area (Å²) in [6.45, 7) is 0. The van der Waals surface area contributed by atoms with Gasteiger partial charge in [0.15, 0.2) is 0 Å². The van der Waals surface area contributed by atoms with E-state index in [-0.39, 0.29) is 25.5 Å². The van der Waals surface area contributed by atoms with Crippen LogP contribution in [0.2, 0.25) is 10.0 Å². The number of para-hydroxylation sites is 1. The summed E-state index contributed by atoms with van der Waals surface area (Å²) >= 11 is 11.6. The summed E-state index contributed by atoms with van der Waals surface area (Å²) in [4.78, 5) is 9.53. The number of anilines is 1. The minimum Gasteiger partial charge on any atom is -0.398 e. The van der Waals surface area contributed by atoms with E-state index in [0.29, 0.717) is 0 Å². The van der Waals surface area contributed by atoms with Gasteiger partial charge in [0.05, 0.1) is 25.4 Å². The molecule has 0 aliphatic rings. The van der Waals surface area contributed by atoms with Crippen molar-refractivity contribution in [3.8, 4) is 0 Å². The summed E-state index contributed by atoms with van der Waals surface area (Å²) in [6, 6.07) is 7.67. The fourth-order valence-corrected chi connectivity index (χ4v) is 3.93. The van der Waals surface area contributed by atoms with Crippen molar-refractivity contribution in [1.82, 2.24) is 0 Å². The predicted octanol–water partition coefficient (Wildman–Crippen LogP) is 3.32. The zero-order chi connectivity index (χ0) is 15.8. The highest BCUT2D eigenvalue weighted by Gasteiger charge is 2.26. The van der Waals surface area contributed by atoms with Gasteiger partial charge >= 0.3 is 0 Å². The first-order valence-electron chi connectivity index (χ1n) is 5.48. The molecular formula is C12H8Cl2N2O4S. The lowest BCUT2D eigenvalue weighted by Gasteiger charge is -2.09. The summed E-state index contributed by atoms with van der Waals surface area (Å²) in [7, 11) is -4.03. The highest BCUT2D eigenvalue weighted by molar-refractivity contribution is 7.91. The number of nitrogen functional groups attached to an aromatic ring is 1. The molecule has 0 aliphatic carbocycles. The van der Waals surface area contributed by atoms with Gasteiger partial charge in [-0.3, -0.25) is 10.1 Å². The van der Waals surface area contributed by atoms with Crippen molar-refractivity contribution >= 4 is 44.4 Å². The minimum atomic E-state index is -4.03. The molecule has 21 heavy (non-hydrogen) atoms. The largest absolute Gasteiger partial charge is 0.398 e. The maximum absolute atomic E-state index is 12.5. The van der Waals surface area contributed by atoms with E-state index in [0.717, 1.165) is 12.1 Å². The third-order valence-electron chi connectivity index (χ3n) is 2.70. The number of hydrogen-bond acceptors (Lipinski definition) is 5. The number of nitrogens with two attached hydrogens (primary N) is 1. The smallest absolute Gasteiger partial charge is 0.289 e. The van der Waals surface area contributed by atoms with E-state index in [2.05, 4.69) is 0 Å². The van der Waals surface area contributed by atoms with Crippen LogP contribution in [0.15, 0.2) is 46.2 Å². The second-order valence-corrected chi connectivity index (χ2v) is 6.73. The predicted molar refractivity (Wildman–Crippen MR) is 79.4 cm³/mol. The zero-order valence-corrected chi connectivity index (χ0v) is 12.6. The molecule has 2 rings (SSSR count). The third kappa shape index (κ3) is 2.80. The van der Waals surface area contributed by atoms with Gasteiger partial charge in [0.25, 0.3) is 5.69 Å². The average molecular weight is 347 g/mol. The zero-order valence-electron chi connectivity index (χ0n) is 10.3. The maximum atomic E-state index is 12.5. The van der Waals surface area contributed by atoms with Gasteiger partial charge in [0.2, 0.25) is 9.84 Å². The molecule has 0 unspecified atom stereocenters. The molecule has 0 fully saturated rings. The maximum Gasteiger partial charge on any atom is 0.289 e. The van der Waals surface area contributed by atoms with E-state index in [4.69, 9.17) is 28.9 Å². The van der Waals surface area contributed by atoms with Crippen molar-refractivity contribution in [3.63, 3.8) is 0 Å². The highest BCUT2D eigenvalue weighted by atomic mass is 35.5. The van der Waals surface area contributed by atoms with Gasteiger partial charge in [-0.1, -0.05) is 35.3 Å². The van der Waals surface area contributed by atoms with Crippen LogP contribution in [0.25, 0.3) is 0 Å². The molecule has 0 amide bonds. The first-order valence-corrected chi connectivity index (χ1v) is 7.72. The molecule has 0 spiro atoms. The van der Waals surface area contributed by atoms with Crippen LogP contribution in [0.3, 0.4) is 0 Å². The Morgan fingerprint density at radius 1 is 1.05 bits per heavy atom. The molecule has 9 heteroatoms. The van der Waals surface area contributed by atoms with Crippen LogP contribution in [-0.4, -0.2) is 13.3 Å². The van der Waals surface area contributed by atoms with Gasteiger partial charge in [-0.15, -0.1) is 0 Å². The Kier molecular flexibility index (Phi) is 4.08. The van der Waals surface area contributed by atoms with E-state index < -0.39 is 20.4 Å².